The van der Waals surface area contributed by atoms with Crippen LogP contribution in [0.4, 0.5) is 0 Å². The van der Waals surface area contributed by atoms with Crippen molar-refractivity contribution in [3.63, 3.8) is 0 Å². The normalized spacial score (nSPS) is 11.7. The van der Waals surface area contributed by atoms with E-state index in [0.717, 1.165) is 0 Å². The van der Waals surface area contributed by atoms with E-state index in [1.807, 2.05) is 0 Å². The zero-order valence-corrected chi connectivity index (χ0v) is 14.9. The summed E-state index contributed by atoms with van der Waals surface area (Å²) in [5, 5.41) is 0. The standard InChI is InChI=1S/C20H24O4/c1-13(19(6,14(2)21)15(3)22)12-20(16(4)23,17(5)24)18-10-8-7-9-11-18/h7-11H,1,12H2,2-6H3. The third kappa shape index (κ3) is 3.14. The van der Waals surface area contributed by atoms with E-state index in [4.69, 9.17) is 0 Å². The van der Waals surface area contributed by atoms with E-state index in [1.165, 1.54) is 34.6 Å². The van der Waals surface area contributed by atoms with Crippen LogP contribution in [0.15, 0.2) is 42.5 Å². The molecule has 0 atom stereocenters. The second-order valence-corrected chi connectivity index (χ2v) is 6.40. The van der Waals surface area contributed by atoms with Gasteiger partial charge >= 0.3 is 0 Å². The summed E-state index contributed by atoms with van der Waals surface area (Å²) in [6.07, 6.45) is -0.0721. The first kappa shape index (κ1) is 19.7. The van der Waals surface area contributed by atoms with Gasteiger partial charge in [-0.05, 0) is 46.6 Å². The summed E-state index contributed by atoms with van der Waals surface area (Å²) in [5.41, 5.74) is -2.03. The number of rotatable bonds is 8. The van der Waals surface area contributed by atoms with Gasteiger partial charge in [0.05, 0.1) is 0 Å². The lowest BCUT2D eigenvalue weighted by molar-refractivity contribution is -0.137. The molecule has 0 radical (unpaired) electrons. The molecule has 1 rings (SSSR count). The molecule has 0 unspecified atom stereocenters. The average molecular weight is 328 g/mol. The van der Waals surface area contributed by atoms with E-state index in [1.54, 1.807) is 30.3 Å². The zero-order valence-electron chi connectivity index (χ0n) is 14.9. The second kappa shape index (κ2) is 7.04. The first-order chi connectivity index (χ1) is 11.0. The first-order valence-corrected chi connectivity index (χ1v) is 7.79. The van der Waals surface area contributed by atoms with Crippen molar-refractivity contribution in [1.82, 2.24) is 0 Å². The zero-order chi connectivity index (χ0) is 18.7. The van der Waals surface area contributed by atoms with Gasteiger partial charge < -0.3 is 0 Å². The lowest BCUT2D eigenvalue weighted by atomic mass is 9.64. The molecule has 0 saturated carbocycles. The van der Waals surface area contributed by atoms with Crippen LogP contribution in [0.25, 0.3) is 0 Å². The Hall–Kier alpha value is -2.36. The molecule has 0 aliphatic heterocycles. The smallest absolute Gasteiger partial charge is 0.148 e. The average Bonchev–Trinajstić information content (AvgIpc) is 2.51. The van der Waals surface area contributed by atoms with Gasteiger partial charge in [0.1, 0.15) is 34.0 Å². The molecule has 0 fully saturated rings. The van der Waals surface area contributed by atoms with Gasteiger partial charge in [0, 0.05) is 0 Å². The van der Waals surface area contributed by atoms with Crippen LogP contribution in [0, 0.1) is 5.41 Å². The van der Waals surface area contributed by atoms with Crippen molar-refractivity contribution in [3.05, 3.63) is 48.0 Å². The molecule has 4 nitrogen and oxygen atoms in total. The largest absolute Gasteiger partial charge is 0.299 e. The molecule has 1 aromatic rings. The van der Waals surface area contributed by atoms with Crippen molar-refractivity contribution in [2.75, 3.05) is 0 Å². The molecule has 0 aliphatic rings. The number of hydrogen-bond donors (Lipinski definition) is 0. The van der Waals surface area contributed by atoms with Gasteiger partial charge in [0.25, 0.3) is 0 Å². The number of allylic oxidation sites excluding steroid dienone is 1. The number of benzene rings is 1. The highest BCUT2D eigenvalue weighted by molar-refractivity contribution is 6.12. The van der Waals surface area contributed by atoms with E-state index in [0.29, 0.717) is 5.56 Å². The number of carbonyl (C=O) groups is 4. The quantitative estimate of drug-likeness (QED) is 0.543. The molecule has 0 heterocycles. The van der Waals surface area contributed by atoms with Crippen molar-refractivity contribution < 1.29 is 19.2 Å². The van der Waals surface area contributed by atoms with Crippen LogP contribution in [0.5, 0.6) is 0 Å². The van der Waals surface area contributed by atoms with E-state index in [2.05, 4.69) is 6.58 Å². The van der Waals surface area contributed by atoms with Gasteiger partial charge in [0.2, 0.25) is 0 Å². The Balaban J connectivity index is 3.52. The van der Waals surface area contributed by atoms with Crippen LogP contribution in [0.3, 0.4) is 0 Å². The van der Waals surface area contributed by atoms with Crippen LogP contribution in [-0.4, -0.2) is 23.1 Å². The summed E-state index contributed by atoms with van der Waals surface area (Å²) < 4.78 is 0. The Labute approximate surface area is 142 Å². The number of hydrogen-bond acceptors (Lipinski definition) is 4. The maximum atomic E-state index is 12.5. The van der Waals surface area contributed by atoms with Crippen molar-refractivity contribution in [2.45, 2.75) is 46.5 Å². The molecule has 0 aliphatic carbocycles. The van der Waals surface area contributed by atoms with E-state index in [9.17, 15) is 19.2 Å². The number of Topliss-reactive ketones (excluding diaryl/α,β-unsaturated/α-hetero) is 4. The Morgan fingerprint density at radius 2 is 1.25 bits per heavy atom. The maximum Gasteiger partial charge on any atom is 0.148 e. The molecule has 0 N–H and O–H groups in total. The predicted octanol–water partition coefficient (Wildman–Crippen LogP) is 3.23. The fourth-order valence-electron chi connectivity index (χ4n) is 2.97. The van der Waals surface area contributed by atoms with Gasteiger partial charge in [-0.15, -0.1) is 0 Å². The molecule has 0 saturated heterocycles. The monoisotopic (exact) mass is 328 g/mol. The third-order valence-corrected chi connectivity index (χ3v) is 5.06. The van der Waals surface area contributed by atoms with Crippen LogP contribution >= 0.6 is 0 Å². The van der Waals surface area contributed by atoms with E-state index >= 15 is 0 Å². The summed E-state index contributed by atoms with van der Waals surface area (Å²) >= 11 is 0. The Morgan fingerprint density at radius 1 is 0.833 bits per heavy atom. The summed E-state index contributed by atoms with van der Waals surface area (Å²) in [7, 11) is 0. The van der Waals surface area contributed by atoms with Crippen LogP contribution in [0.2, 0.25) is 0 Å². The highest BCUT2D eigenvalue weighted by Crippen LogP contribution is 2.40. The van der Waals surface area contributed by atoms with Gasteiger partial charge in [-0.2, -0.15) is 0 Å². The number of carbonyl (C=O) groups excluding carboxylic acids is 4. The second-order valence-electron chi connectivity index (χ2n) is 6.40. The Bertz CT molecular complexity index is 670. The van der Waals surface area contributed by atoms with Crippen LogP contribution < -0.4 is 0 Å². The summed E-state index contributed by atoms with van der Waals surface area (Å²) in [4.78, 5) is 49.1. The molecule has 4 heteroatoms. The van der Waals surface area contributed by atoms with Crippen molar-refractivity contribution in [3.8, 4) is 0 Å². The number of ketones is 4. The summed E-state index contributed by atoms with van der Waals surface area (Å²) in [5.74, 6) is -1.38. The highest BCUT2D eigenvalue weighted by atomic mass is 16.2. The fraction of sp³-hybridized carbons (Fsp3) is 0.400. The lowest BCUT2D eigenvalue weighted by Crippen LogP contribution is -2.45. The molecular formula is C20H24O4. The lowest BCUT2D eigenvalue weighted by Gasteiger charge is -2.35. The molecule has 24 heavy (non-hydrogen) atoms. The summed E-state index contributed by atoms with van der Waals surface area (Å²) in [6, 6.07) is 8.68. The topological polar surface area (TPSA) is 68.3 Å². The maximum absolute atomic E-state index is 12.5. The fourth-order valence-corrected chi connectivity index (χ4v) is 2.97. The first-order valence-electron chi connectivity index (χ1n) is 7.79. The molecule has 0 bridgehead atoms. The predicted molar refractivity (Wildman–Crippen MR) is 92.7 cm³/mol. The minimum atomic E-state index is -1.44. The van der Waals surface area contributed by atoms with E-state index in [-0.39, 0.29) is 35.1 Å². The van der Waals surface area contributed by atoms with Crippen molar-refractivity contribution >= 4 is 23.1 Å². The van der Waals surface area contributed by atoms with Gasteiger partial charge in [-0.25, -0.2) is 0 Å². The van der Waals surface area contributed by atoms with Gasteiger partial charge in [-0.3, -0.25) is 19.2 Å². The van der Waals surface area contributed by atoms with Crippen molar-refractivity contribution in [2.24, 2.45) is 5.41 Å². The third-order valence-electron chi connectivity index (χ3n) is 5.06. The SMILES string of the molecule is C=C(CC(C(C)=O)(C(C)=O)c1ccccc1)C(C)(C(C)=O)C(C)=O. The van der Waals surface area contributed by atoms with Gasteiger partial charge in [-0.1, -0.05) is 42.5 Å². The van der Waals surface area contributed by atoms with Crippen LogP contribution in [0.1, 0.15) is 46.6 Å². The van der Waals surface area contributed by atoms with Gasteiger partial charge in [0.15, 0.2) is 0 Å². The molecule has 0 aromatic heterocycles. The Morgan fingerprint density at radius 3 is 1.58 bits per heavy atom. The minimum absolute atomic E-state index is 0.0721. The molecule has 0 amide bonds. The minimum Gasteiger partial charge on any atom is -0.299 e. The Kier molecular flexibility index (Phi) is 5.77. The van der Waals surface area contributed by atoms with E-state index < -0.39 is 10.8 Å². The molecule has 0 spiro atoms. The summed E-state index contributed by atoms with van der Waals surface area (Å²) in [6.45, 7) is 10.7. The molecule has 1 aromatic carbocycles. The van der Waals surface area contributed by atoms with Crippen molar-refractivity contribution in [1.29, 1.82) is 0 Å². The highest BCUT2D eigenvalue weighted by Gasteiger charge is 2.47. The molecule has 128 valence electrons. The van der Waals surface area contributed by atoms with Crippen LogP contribution in [-0.2, 0) is 24.6 Å². The molecular weight excluding hydrogens is 304 g/mol.